The van der Waals surface area contributed by atoms with Crippen LogP contribution in [0.1, 0.15) is 169 Å². The largest absolute Gasteiger partial charge is 0.511 e. The smallest absolute Gasteiger partial charge is 0.407 e. The number of nitrogens with one attached hydrogen (secondary N) is 8. The molecule has 0 radical (unpaired) electrons. The van der Waals surface area contributed by atoms with Crippen LogP contribution in [-0.2, 0) is 52.6 Å². The molecule has 0 aromatic carbocycles. The summed E-state index contributed by atoms with van der Waals surface area (Å²) in [5, 5.41) is 41.4. The summed E-state index contributed by atoms with van der Waals surface area (Å²) in [6.45, 7) is 28.3. The molecule has 8 atom stereocenters. The molecule has 82 heavy (non-hydrogen) atoms. The van der Waals surface area contributed by atoms with Crippen molar-refractivity contribution in [1.29, 1.82) is 0 Å². The van der Waals surface area contributed by atoms with Crippen molar-refractivity contribution in [3.05, 3.63) is 11.3 Å². The quantitative estimate of drug-likeness (QED) is 0.0444. The SMILES string of the molecule is CC(=NCC[C@H](NC(=O)[C@H](CCNC(=O)OC(C)(C)C)NC(=O)[C@@H](N)[C@@H](C)OC(C)(C)C)C(=O)N[C@@H](CCNC(=O)OC(C)(C)C)C(=O)N[C@H](CC(C)C)C(=O)N[C@@H](CC(C)C)C(=O)N[C@@H](CCN)C(=O)O)C1=C(O)CC(C)(C)CC1=O. The first-order valence-electron chi connectivity index (χ1n) is 28.1. The molecule has 0 saturated heterocycles. The maximum Gasteiger partial charge on any atom is 0.407 e. The minimum absolute atomic E-state index is 0.0119. The van der Waals surface area contributed by atoms with Crippen molar-refractivity contribution in [2.75, 3.05) is 26.2 Å². The Labute approximate surface area is 484 Å². The van der Waals surface area contributed by atoms with Crippen molar-refractivity contribution in [3.8, 4) is 0 Å². The summed E-state index contributed by atoms with van der Waals surface area (Å²) < 4.78 is 16.6. The molecule has 1 rings (SSSR count). The Morgan fingerprint density at radius 3 is 1.33 bits per heavy atom. The summed E-state index contributed by atoms with van der Waals surface area (Å²) in [4.78, 5) is 141. The van der Waals surface area contributed by atoms with Crippen LogP contribution in [0.25, 0.3) is 0 Å². The molecule has 0 bridgehead atoms. The average molecular weight is 1170 g/mol. The number of nitrogens with zero attached hydrogens (tertiary/aromatic N) is 1. The standard InChI is InChI=1S/C56H99N11O15/c1-30(2)26-38(47(73)65-37(18-22-57)50(76)77)67-48(74)39(27-31(3)4)66-46(72)35(20-24-60-51(78)81-54(10,11)12)63-44(70)34(19-23-59-32(5)42-40(68)28-56(16,17)29-41(42)69)62-45(71)36(21-25-61-52(79)82-55(13,14)15)64-49(75)43(58)33(6)80-53(7,8)9/h30-31,33-39,43,68H,18-29,57-58H2,1-17H3,(H,60,78)(H,61,79)(H,62,71)(H,63,70)(H,64,75)(H,65,73)(H,66,72)(H,67,74)(H,76,77)/t33-,34+,35+,36+,37+,38+,39-,43+/m1/s1. The summed E-state index contributed by atoms with van der Waals surface area (Å²) in [6, 6.07) is -9.88. The second-order valence-electron chi connectivity index (χ2n) is 25.5. The zero-order valence-corrected chi connectivity index (χ0v) is 51.6. The Morgan fingerprint density at radius 1 is 0.585 bits per heavy atom. The zero-order chi connectivity index (χ0) is 63.2. The number of hydrogen-bond acceptors (Lipinski definition) is 17. The van der Waals surface area contributed by atoms with Crippen LogP contribution in [0.15, 0.2) is 16.3 Å². The molecule has 0 aromatic heterocycles. The maximum atomic E-state index is 14.8. The number of aliphatic hydroxyl groups excluding tert-OH is 1. The second-order valence-corrected chi connectivity index (χ2v) is 25.5. The van der Waals surface area contributed by atoms with E-state index in [9.17, 15) is 58.2 Å². The molecule has 14 N–H and O–H groups in total. The van der Waals surface area contributed by atoms with Gasteiger partial charge in [-0.25, -0.2) is 14.4 Å². The molecule has 8 amide bonds. The van der Waals surface area contributed by atoms with Gasteiger partial charge in [-0.1, -0.05) is 41.5 Å². The van der Waals surface area contributed by atoms with E-state index in [1.807, 2.05) is 13.8 Å². The molecule has 0 spiro atoms. The molecule has 0 aromatic rings. The molecular formula is C56H99N11O15. The molecule has 1 aliphatic rings. The highest BCUT2D eigenvalue weighted by atomic mass is 16.6. The third kappa shape index (κ3) is 29.0. The Balaban J connectivity index is 3.96. The minimum Gasteiger partial charge on any atom is -0.511 e. The summed E-state index contributed by atoms with van der Waals surface area (Å²) >= 11 is 0. The predicted molar refractivity (Wildman–Crippen MR) is 308 cm³/mol. The number of ketones is 1. The first-order chi connectivity index (χ1) is 37.5. The normalized spacial score (nSPS) is 16.9. The van der Waals surface area contributed by atoms with Crippen molar-refractivity contribution in [3.63, 3.8) is 0 Å². The monoisotopic (exact) mass is 1170 g/mol. The van der Waals surface area contributed by atoms with E-state index in [2.05, 4.69) is 47.5 Å². The lowest BCUT2D eigenvalue weighted by Gasteiger charge is -2.30. The molecule has 1 aliphatic carbocycles. The number of ether oxygens (including phenoxy) is 3. The van der Waals surface area contributed by atoms with Gasteiger partial charge < -0.3 is 78.4 Å². The Morgan fingerprint density at radius 2 is 0.963 bits per heavy atom. The number of aliphatic hydroxyl groups is 1. The fourth-order valence-electron chi connectivity index (χ4n) is 8.51. The number of carboxylic acid groups (broad SMARTS) is 1. The first-order valence-corrected chi connectivity index (χ1v) is 28.1. The molecule has 0 heterocycles. The number of allylic oxidation sites excluding steroid dienone is 2. The van der Waals surface area contributed by atoms with Crippen molar-refractivity contribution in [2.45, 2.75) is 234 Å². The summed E-state index contributed by atoms with van der Waals surface area (Å²) in [5.74, 6) is -7.52. The summed E-state index contributed by atoms with van der Waals surface area (Å²) in [5.41, 5.74) is 9.09. The van der Waals surface area contributed by atoms with Crippen molar-refractivity contribution < 1.29 is 72.4 Å². The van der Waals surface area contributed by atoms with Crippen LogP contribution in [0.2, 0.25) is 0 Å². The number of aliphatic carboxylic acids is 1. The fourth-order valence-corrected chi connectivity index (χ4v) is 8.51. The molecule has 0 saturated carbocycles. The topological polar surface area (TPSA) is 399 Å². The van der Waals surface area contributed by atoms with E-state index in [0.29, 0.717) is 0 Å². The lowest BCUT2D eigenvalue weighted by atomic mass is 9.76. The van der Waals surface area contributed by atoms with Crippen molar-refractivity contribution >= 4 is 65.1 Å². The van der Waals surface area contributed by atoms with Gasteiger partial charge in [0.2, 0.25) is 35.4 Å². The van der Waals surface area contributed by atoms with Crippen LogP contribution in [0.4, 0.5) is 9.59 Å². The minimum atomic E-state index is -1.59. The molecule has 26 heteroatoms. The summed E-state index contributed by atoms with van der Waals surface area (Å²) in [6.07, 6.45) is -3.09. The number of Topliss-reactive ketones (excluding diaryl/α,β-unsaturated/α-hetero) is 1. The van der Waals surface area contributed by atoms with E-state index in [1.165, 1.54) is 6.92 Å². The number of carbonyl (C=O) groups is 10. The molecule has 0 fully saturated rings. The highest BCUT2D eigenvalue weighted by molar-refractivity contribution is 6.22. The number of amides is 8. The van der Waals surface area contributed by atoms with Crippen LogP contribution in [-0.4, -0.2) is 167 Å². The van der Waals surface area contributed by atoms with E-state index in [0.717, 1.165) is 0 Å². The molecule has 468 valence electrons. The van der Waals surface area contributed by atoms with Gasteiger partial charge in [-0.3, -0.25) is 38.6 Å². The fraction of sp³-hybridized carbons (Fsp3) is 0.768. The van der Waals surface area contributed by atoms with Crippen LogP contribution in [0.5, 0.6) is 0 Å². The lowest BCUT2D eigenvalue weighted by Crippen LogP contribution is -2.61. The van der Waals surface area contributed by atoms with E-state index >= 15 is 0 Å². The van der Waals surface area contributed by atoms with Crippen LogP contribution in [0.3, 0.4) is 0 Å². The molecule has 26 nitrogen and oxygen atoms in total. The maximum absolute atomic E-state index is 14.8. The number of carbonyl (C=O) groups excluding carboxylic acids is 9. The van der Waals surface area contributed by atoms with Gasteiger partial charge >= 0.3 is 18.2 Å². The first kappa shape index (κ1) is 73.6. The van der Waals surface area contributed by atoms with E-state index in [-0.39, 0.29) is 112 Å². The van der Waals surface area contributed by atoms with Gasteiger partial charge in [-0.15, -0.1) is 0 Å². The third-order valence-electron chi connectivity index (χ3n) is 12.2. The molecule has 0 unspecified atom stereocenters. The number of aliphatic imine (C=N–C) groups is 1. The van der Waals surface area contributed by atoms with Gasteiger partial charge in [0.15, 0.2) is 5.78 Å². The van der Waals surface area contributed by atoms with Gasteiger partial charge in [0.25, 0.3) is 0 Å². The number of alkyl carbamates (subject to hydrolysis) is 2. The highest BCUT2D eigenvalue weighted by Gasteiger charge is 2.37. The van der Waals surface area contributed by atoms with Crippen molar-refractivity contribution in [2.24, 2.45) is 33.7 Å². The number of hydrogen-bond donors (Lipinski definition) is 12. The second kappa shape index (κ2) is 33.0. The lowest BCUT2D eigenvalue weighted by molar-refractivity contribution is -0.142. The number of carboxylic acids is 1. The third-order valence-corrected chi connectivity index (χ3v) is 12.2. The average Bonchev–Trinajstić information content (AvgIpc) is 3.52. The molecule has 0 aliphatic heterocycles. The van der Waals surface area contributed by atoms with E-state index < -0.39 is 124 Å². The van der Waals surface area contributed by atoms with Crippen LogP contribution in [0, 0.1) is 17.3 Å². The van der Waals surface area contributed by atoms with Crippen LogP contribution >= 0.6 is 0 Å². The number of nitrogens with two attached hydrogens (primary N) is 2. The zero-order valence-electron chi connectivity index (χ0n) is 51.6. The Kier molecular flexibility index (Phi) is 29.6. The van der Waals surface area contributed by atoms with Crippen LogP contribution < -0.4 is 54.0 Å². The van der Waals surface area contributed by atoms with Gasteiger partial charge in [-0.05, 0) is 138 Å². The Hall–Kier alpha value is -6.41. The molecular weight excluding hydrogens is 1070 g/mol. The number of rotatable bonds is 31. The van der Waals surface area contributed by atoms with Crippen molar-refractivity contribution in [1.82, 2.24) is 42.5 Å². The van der Waals surface area contributed by atoms with Gasteiger partial charge in [0, 0.05) is 38.2 Å². The van der Waals surface area contributed by atoms with E-state index in [1.54, 1.807) is 96.9 Å². The van der Waals surface area contributed by atoms with E-state index in [4.69, 9.17) is 25.7 Å². The summed E-state index contributed by atoms with van der Waals surface area (Å²) in [7, 11) is 0. The van der Waals surface area contributed by atoms with Gasteiger partial charge in [0.1, 0.15) is 59.3 Å². The van der Waals surface area contributed by atoms with Gasteiger partial charge in [0.05, 0.1) is 17.3 Å². The van der Waals surface area contributed by atoms with Gasteiger partial charge in [-0.2, -0.15) is 0 Å². The predicted octanol–water partition coefficient (Wildman–Crippen LogP) is 2.83. The Bertz CT molecular complexity index is 2280. The highest BCUT2D eigenvalue weighted by Crippen LogP contribution is 2.36.